The molecule has 0 radical (unpaired) electrons. The van der Waals surface area contributed by atoms with Crippen LogP contribution in [-0.2, 0) is 20.0 Å². The molecule has 1 aliphatic heterocycles. The second-order valence-electron chi connectivity index (χ2n) is 3.82. The highest BCUT2D eigenvalue weighted by Crippen LogP contribution is 2.36. The van der Waals surface area contributed by atoms with E-state index in [1.165, 1.54) is 6.07 Å². The van der Waals surface area contributed by atoms with E-state index in [1.54, 1.807) is 0 Å². The van der Waals surface area contributed by atoms with Crippen LogP contribution in [-0.4, -0.2) is 29.9 Å². The molecule has 2 heterocycles. The van der Waals surface area contributed by atoms with Crippen LogP contribution in [0.25, 0.3) is 0 Å². The van der Waals surface area contributed by atoms with E-state index in [4.69, 9.17) is 5.14 Å². The quantitative estimate of drug-likeness (QED) is 0.697. The zero-order valence-electron chi connectivity index (χ0n) is 9.91. The van der Waals surface area contributed by atoms with Crippen molar-refractivity contribution in [3.63, 3.8) is 0 Å². The van der Waals surface area contributed by atoms with Gasteiger partial charge in [-0.2, -0.15) is 0 Å². The molecule has 1 unspecified atom stereocenters. The second-order valence-corrected chi connectivity index (χ2v) is 8.62. The topological polar surface area (TPSA) is 118 Å². The zero-order valence-corrected chi connectivity index (χ0v) is 13.2. The minimum Gasteiger partial charge on any atom is -0.309 e. The van der Waals surface area contributed by atoms with Crippen molar-refractivity contribution in [3.8, 4) is 0 Å². The SMILES string of the molecule is CCNC1CNS(=O)(=O)c2sc(S(N)(=O)=O)cc21.Cl. The van der Waals surface area contributed by atoms with Crippen LogP contribution >= 0.6 is 23.7 Å². The Morgan fingerprint density at radius 3 is 2.74 bits per heavy atom. The number of thiophene rings is 1. The molecular formula is C8H14ClN3O4S3. The molecule has 4 N–H and O–H groups in total. The van der Waals surface area contributed by atoms with Crippen LogP contribution in [0, 0.1) is 0 Å². The fraction of sp³-hybridized carbons (Fsp3) is 0.500. The van der Waals surface area contributed by atoms with Gasteiger partial charge in [-0.25, -0.2) is 26.7 Å². The molecule has 0 saturated heterocycles. The molecule has 7 nitrogen and oxygen atoms in total. The summed E-state index contributed by atoms with van der Waals surface area (Å²) in [4.78, 5) is 0. The first kappa shape index (κ1) is 16.8. The summed E-state index contributed by atoms with van der Waals surface area (Å²) in [6.45, 7) is 2.73. The van der Waals surface area contributed by atoms with Gasteiger partial charge >= 0.3 is 0 Å². The highest BCUT2D eigenvalue weighted by Gasteiger charge is 2.33. The number of rotatable bonds is 3. The normalized spacial score (nSPS) is 21.5. The molecule has 0 amide bonds. The number of fused-ring (bicyclic) bond motifs is 1. The van der Waals surface area contributed by atoms with E-state index in [2.05, 4.69) is 10.0 Å². The molecule has 110 valence electrons. The van der Waals surface area contributed by atoms with Crippen LogP contribution in [0.4, 0.5) is 0 Å². The fourth-order valence-corrected chi connectivity index (χ4v) is 5.52. The predicted molar refractivity (Wildman–Crippen MR) is 74.5 cm³/mol. The van der Waals surface area contributed by atoms with Crippen molar-refractivity contribution in [3.05, 3.63) is 11.6 Å². The van der Waals surface area contributed by atoms with Gasteiger partial charge in [-0.05, 0) is 12.6 Å². The molecule has 0 spiro atoms. The maximum absolute atomic E-state index is 11.8. The summed E-state index contributed by atoms with van der Waals surface area (Å²) in [7, 11) is -7.51. The summed E-state index contributed by atoms with van der Waals surface area (Å²) < 4.78 is 48.4. The summed E-state index contributed by atoms with van der Waals surface area (Å²) >= 11 is 0.675. The Balaban J connectivity index is 0.00000180. The molecule has 0 bridgehead atoms. The molecule has 1 aromatic heterocycles. The lowest BCUT2D eigenvalue weighted by atomic mass is 10.1. The molecule has 0 fully saturated rings. The van der Waals surface area contributed by atoms with E-state index in [1.807, 2.05) is 6.92 Å². The average molecular weight is 348 g/mol. The summed E-state index contributed by atoms with van der Waals surface area (Å²) in [5, 5.41) is 8.11. The number of nitrogens with two attached hydrogens (primary N) is 1. The molecule has 1 aromatic rings. The first-order valence-electron chi connectivity index (χ1n) is 5.15. The van der Waals surface area contributed by atoms with Gasteiger partial charge in [0.1, 0.15) is 8.42 Å². The zero-order chi connectivity index (χ0) is 13.6. The first-order valence-corrected chi connectivity index (χ1v) is 9.00. The van der Waals surface area contributed by atoms with Gasteiger partial charge in [0, 0.05) is 18.2 Å². The minimum absolute atomic E-state index is 0. The smallest absolute Gasteiger partial charge is 0.250 e. The summed E-state index contributed by atoms with van der Waals surface area (Å²) in [6.07, 6.45) is 0. The number of sulfonamides is 2. The molecule has 19 heavy (non-hydrogen) atoms. The van der Waals surface area contributed by atoms with Crippen molar-refractivity contribution in [2.45, 2.75) is 21.4 Å². The monoisotopic (exact) mass is 347 g/mol. The summed E-state index contributed by atoms with van der Waals surface area (Å²) in [5.41, 5.74) is 0.463. The molecule has 1 aliphatic rings. The van der Waals surface area contributed by atoms with Crippen molar-refractivity contribution in [2.75, 3.05) is 13.1 Å². The Morgan fingerprint density at radius 2 is 2.21 bits per heavy atom. The lowest BCUT2D eigenvalue weighted by Crippen LogP contribution is -2.39. The standard InChI is InChI=1S/C8H13N3O4S3.ClH/c1-2-10-6-4-11-18(14,15)8-5(6)3-7(16-8)17(9,12)13;/h3,6,10-11H,2,4H2,1H3,(H2,9,12,13);1H. The lowest BCUT2D eigenvalue weighted by molar-refractivity contribution is 0.505. The van der Waals surface area contributed by atoms with E-state index >= 15 is 0 Å². The van der Waals surface area contributed by atoms with E-state index in [9.17, 15) is 16.8 Å². The third kappa shape index (κ3) is 3.27. The highest BCUT2D eigenvalue weighted by molar-refractivity contribution is 7.94. The van der Waals surface area contributed by atoms with E-state index < -0.39 is 20.0 Å². The Hall–Kier alpha value is -0.230. The maximum atomic E-state index is 11.8. The van der Waals surface area contributed by atoms with Crippen molar-refractivity contribution in [1.82, 2.24) is 10.0 Å². The minimum atomic E-state index is -3.89. The number of halogens is 1. The Morgan fingerprint density at radius 1 is 1.58 bits per heavy atom. The molecule has 11 heteroatoms. The maximum Gasteiger partial charge on any atom is 0.250 e. The third-order valence-electron chi connectivity index (χ3n) is 2.53. The van der Waals surface area contributed by atoms with Gasteiger partial charge in [-0.15, -0.1) is 23.7 Å². The van der Waals surface area contributed by atoms with Gasteiger partial charge < -0.3 is 5.32 Å². The van der Waals surface area contributed by atoms with E-state index in [-0.39, 0.29) is 33.4 Å². The Kier molecular flexibility index (Phi) is 4.99. The highest BCUT2D eigenvalue weighted by atomic mass is 35.5. The van der Waals surface area contributed by atoms with E-state index in [0.29, 0.717) is 23.4 Å². The van der Waals surface area contributed by atoms with Crippen molar-refractivity contribution in [1.29, 1.82) is 0 Å². The molecule has 0 aliphatic carbocycles. The van der Waals surface area contributed by atoms with Crippen molar-refractivity contribution in [2.24, 2.45) is 5.14 Å². The van der Waals surface area contributed by atoms with Gasteiger partial charge in [0.15, 0.2) is 0 Å². The number of nitrogens with one attached hydrogen (secondary N) is 2. The lowest BCUT2D eigenvalue weighted by Gasteiger charge is -2.23. The van der Waals surface area contributed by atoms with Gasteiger partial charge in [0.25, 0.3) is 0 Å². The van der Waals surface area contributed by atoms with Crippen LogP contribution in [0.15, 0.2) is 14.5 Å². The van der Waals surface area contributed by atoms with Crippen LogP contribution in [0.5, 0.6) is 0 Å². The molecular weight excluding hydrogens is 334 g/mol. The number of hydrogen-bond donors (Lipinski definition) is 3. The Labute approximate surface area is 122 Å². The van der Waals surface area contributed by atoms with Crippen molar-refractivity contribution < 1.29 is 16.8 Å². The molecule has 1 atom stereocenters. The third-order valence-corrected chi connectivity index (χ3v) is 7.07. The largest absolute Gasteiger partial charge is 0.309 e. The molecule has 0 saturated carbocycles. The van der Waals surface area contributed by atoms with Crippen LogP contribution in [0.3, 0.4) is 0 Å². The number of likely N-dealkylation sites (N-methyl/N-ethyl adjacent to an activating group) is 1. The van der Waals surface area contributed by atoms with Gasteiger partial charge in [0.2, 0.25) is 20.0 Å². The van der Waals surface area contributed by atoms with Crippen LogP contribution in [0.2, 0.25) is 0 Å². The second kappa shape index (κ2) is 5.64. The van der Waals surface area contributed by atoms with Crippen LogP contribution in [0.1, 0.15) is 18.5 Å². The Bertz CT molecular complexity index is 667. The summed E-state index contributed by atoms with van der Waals surface area (Å²) in [5.74, 6) is 0. The fourth-order valence-electron chi connectivity index (χ4n) is 1.76. The van der Waals surface area contributed by atoms with Gasteiger partial charge in [-0.3, -0.25) is 0 Å². The number of hydrogen-bond acceptors (Lipinski definition) is 6. The predicted octanol–water partition coefficient (Wildman–Crippen LogP) is -0.240. The average Bonchev–Trinajstić information content (AvgIpc) is 2.68. The first-order chi connectivity index (χ1) is 8.25. The van der Waals surface area contributed by atoms with Crippen LogP contribution < -0.4 is 15.2 Å². The molecule has 0 aromatic carbocycles. The van der Waals surface area contributed by atoms with Gasteiger partial charge in [0.05, 0.1) is 0 Å². The molecule has 2 rings (SSSR count). The van der Waals surface area contributed by atoms with E-state index in [0.717, 1.165) is 0 Å². The number of primary sulfonamides is 1. The van der Waals surface area contributed by atoms with Crippen molar-refractivity contribution >= 4 is 43.8 Å². The van der Waals surface area contributed by atoms with Gasteiger partial charge in [-0.1, -0.05) is 6.92 Å². The summed E-state index contributed by atoms with van der Waals surface area (Å²) in [6, 6.07) is 1.10.